The third kappa shape index (κ3) is 4.49. The lowest BCUT2D eigenvalue weighted by molar-refractivity contribution is -0.238. The fourth-order valence-electron chi connectivity index (χ4n) is 1.89. The van der Waals surface area contributed by atoms with Gasteiger partial charge >= 0.3 is 0 Å². The maximum atomic E-state index is 12.4. The molecule has 0 atom stereocenters. The Morgan fingerprint density at radius 1 is 1.23 bits per heavy atom. The summed E-state index contributed by atoms with van der Waals surface area (Å²) >= 11 is 0. The lowest BCUT2D eigenvalue weighted by Crippen LogP contribution is -2.58. The van der Waals surface area contributed by atoms with Crippen LogP contribution in [-0.4, -0.2) is 40.0 Å². The number of nitrogens with two attached hydrogens (primary N) is 2. The van der Waals surface area contributed by atoms with Crippen LogP contribution in [-0.2, 0) is 19.5 Å². The first-order valence-corrected chi connectivity index (χ1v) is 8.26. The third-order valence-corrected chi connectivity index (χ3v) is 3.73. The molecule has 0 bridgehead atoms. The summed E-state index contributed by atoms with van der Waals surface area (Å²) in [6.45, 7) is 3.78. The summed E-state index contributed by atoms with van der Waals surface area (Å²) in [5.74, 6) is -2.23. The Morgan fingerprint density at radius 3 is 2.23 bits per heavy atom. The number of sulfonamides is 1. The second kappa shape index (κ2) is 7.65. The topological polar surface area (TPSA) is 134 Å². The molecule has 5 N–H and O–H groups in total. The van der Waals surface area contributed by atoms with Crippen LogP contribution in [0.1, 0.15) is 24.2 Å². The average Bonchev–Trinajstić information content (AvgIpc) is 2.46. The van der Waals surface area contributed by atoms with Crippen LogP contribution < -0.4 is 16.2 Å². The highest BCUT2D eigenvalue weighted by molar-refractivity contribution is 7.89. The van der Waals surface area contributed by atoms with Crippen molar-refractivity contribution in [2.75, 3.05) is 19.8 Å². The average molecular weight is 331 g/mol. The molecule has 0 saturated carbocycles. The summed E-state index contributed by atoms with van der Waals surface area (Å²) < 4.78 is 33.9. The number of rotatable bonds is 8. The summed E-state index contributed by atoms with van der Waals surface area (Å²) in [7, 11) is -4.04. The number of hydrogen-bond acceptors (Lipinski definition) is 6. The van der Waals surface area contributed by atoms with E-state index in [4.69, 9.17) is 20.3 Å². The van der Waals surface area contributed by atoms with E-state index in [1.807, 2.05) is 0 Å². The van der Waals surface area contributed by atoms with Crippen LogP contribution in [0.4, 0.5) is 0 Å². The number of hydrogen-bond donors (Lipinski definition) is 3. The number of ether oxygens (including phenoxy) is 2. The first-order valence-electron chi connectivity index (χ1n) is 6.72. The molecule has 0 heterocycles. The largest absolute Gasteiger partial charge is 0.332 e. The summed E-state index contributed by atoms with van der Waals surface area (Å²) in [6.07, 6.45) is 0. The maximum Gasteiger partial charge on any atom is 0.264 e. The first kappa shape index (κ1) is 18.5. The number of amides is 1. The van der Waals surface area contributed by atoms with Gasteiger partial charge in [-0.2, -0.15) is 0 Å². The monoisotopic (exact) mass is 331 g/mol. The maximum absolute atomic E-state index is 12.4. The molecule has 0 aromatic heterocycles. The van der Waals surface area contributed by atoms with Crippen molar-refractivity contribution in [3.8, 4) is 0 Å². The van der Waals surface area contributed by atoms with Gasteiger partial charge in [0, 0.05) is 13.2 Å². The summed E-state index contributed by atoms with van der Waals surface area (Å²) in [4.78, 5) is 12.1. The Hall–Kier alpha value is -1.52. The van der Waals surface area contributed by atoms with Crippen molar-refractivity contribution in [3.05, 3.63) is 29.8 Å². The van der Waals surface area contributed by atoms with E-state index in [1.54, 1.807) is 13.8 Å². The predicted molar refractivity (Wildman–Crippen MR) is 80.3 cm³/mol. The van der Waals surface area contributed by atoms with E-state index in [0.29, 0.717) is 0 Å². The summed E-state index contributed by atoms with van der Waals surface area (Å²) in [5, 5.41) is 7.60. The van der Waals surface area contributed by atoms with Crippen molar-refractivity contribution >= 4 is 15.9 Å². The number of carbonyl (C=O) groups is 1. The van der Waals surface area contributed by atoms with Crippen LogP contribution in [0.3, 0.4) is 0 Å². The van der Waals surface area contributed by atoms with Gasteiger partial charge in [-0.25, -0.2) is 13.6 Å². The van der Waals surface area contributed by atoms with Gasteiger partial charge in [-0.15, -0.1) is 0 Å². The van der Waals surface area contributed by atoms with Crippen LogP contribution >= 0.6 is 0 Å². The fourth-order valence-corrected chi connectivity index (χ4v) is 2.63. The van der Waals surface area contributed by atoms with Crippen molar-refractivity contribution < 1.29 is 22.7 Å². The second-order valence-corrected chi connectivity index (χ2v) is 5.85. The molecule has 0 radical (unpaired) electrons. The zero-order chi connectivity index (χ0) is 16.8. The van der Waals surface area contributed by atoms with E-state index in [0.717, 1.165) is 0 Å². The second-order valence-electron chi connectivity index (χ2n) is 4.32. The molecule has 8 nitrogen and oxygen atoms in total. The van der Waals surface area contributed by atoms with Gasteiger partial charge in [0.15, 0.2) is 0 Å². The van der Waals surface area contributed by atoms with Crippen LogP contribution in [0.5, 0.6) is 0 Å². The van der Waals surface area contributed by atoms with Gasteiger partial charge in [-0.05, 0) is 26.0 Å². The standard InChI is InChI=1S/C13H21N3O5S/c1-3-20-13(9-14,21-4-2)16-12(17)10-7-5-6-8-11(10)22(15,18)19/h5-8H,3-4,9,14H2,1-2H3,(H,16,17)(H2,15,18,19). The van der Waals surface area contributed by atoms with E-state index in [1.165, 1.54) is 24.3 Å². The first-order chi connectivity index (χ1) is 10.3. The Kier molecular flexibility index (Phi) is 6.45. The summed E-state index contributed by atoms with van der Waals surface area (Å²) in [5.41, 5.74) is 5.51. The summed E-state index contributed by atoms with van der Waals surface area (Å²) in [6, 6.07) is 5.58. The molecule has 22 heavy (non-hydrogen) atoms. The molecular formula is C13H21N3O5S. The minimum atomic E-state index is -4.04. The van der Waals surface area contributed by atoms with Gasteiger partial charge in [0.25, 0.3) is 11.8 Å². The lowest BCUT2D eigenvalue weighted by atomic mass is 10.2. The molecule has 0 aliphatic heterocycles. The molecule has 1 amide bonds. The highest BCUT2D eigenvalue weighted by atomic mass is 32.2. The highest BCUT2D eigenvalue weighted by Gasteiger charge is 2.33. The Balaban J connectivity index is 3.16. The molecule has 0 unspecified atom stereocenters. The van der Waals surface area contributed by atoms with Gasteiger partial charge in [-0.3, -0.25) is 10.1 Å². The molecule has 0 spiro atoms. The van der Waals surface area contributed by atoms with Crippen molar-refractivity contribution in [2.24, 2.45) is 10.9 Å². The Bertz CT molecular complexity index is 612. The molecule has 1 rings (SSSR count). The van der Waals surface area contributed by atoms with Crippen molar-refractivity contribution in [2.45, 2.75) is 24.7 Å². The van der Waals surface area contributed by atoms with Crippen LogP contribution in [0.25, 0.3) is 0 Å². The number of benzene rings is 1. The molecular weight excluding hydrogens is 310 g/mol. The quantitative estimate of drug-likeness (QED) is 0.562. The molecule has 0 aliphatic carbocycles. The van der Waals surface area contributed by atoms with E-state index in [-0.39, 0.29) is 30.2 Å². The van der Waals surface area contributed by atoms with E-state index >= 15 is 0 Å². The van der Waals surface area contributed by atoms with Crippen molar-refractivity contribution in [1.29, 1.82) is 0 Å². The van der Waals surface area contributed by atoms with Crippen LogP contribution in [0.15, 0.2) is 29.2 Å². The minimum absolute atomic E-state index is 0.109. The van der Waals surface area contributed by atoms with Gasteiger partial charge in [-0.1, -0.05) is 12.1 Å². The molecule has 124 valence electrons. The molecule has 0 aliphatic rings. The van der Waals surface area contributed by atoms with Gasteiger partial charge in [0.05, 0.1) is 17.0 Å². The van der Waals surface area contributed by atoms with E-state index in [9.17, 15) is 13.2 Å². The number of nitrogens with one attached hydrogen (secondary N) is 1. The SMILES string of the molecule is CCOC(CN)(NC(=O)c1ccccc1S(N)(=O)=O)OCC. The van der Waals surface area contributed by atoms with Gasteiger partial charge < -0.3 is 15.2 Å². The third-order valence-electron chi connectivity index (χ3n) is 2.77. The number of carbonyl (C=O) groups excluding carboxylic acids is 1. The van der Waals surface area contributed by atoms with Crippen LogP contribution in [0.2, 0.25) is 0 Å². The van der Waals surface area contributed by atoms with E-state index < -0.39 is 21.8 Å². The normalized spacial score (nSPS) is 12.2. The number of primary sulfonamides is 1. The highest BCUT2D eigenvalue weighted by Crippen LogP contribution is 2.16. The zero-order valence-corrected chi connectivity index (χ0v) is 13.4. The Labute approximate surface area is 129 Å². The predicted octanol–water partition coefficient (Wildman–Crippen LogP) is -0.251. The molecule has 1 aromatic carbocycles. The van der Waals surface area contributed by atoms with E-state index in [2.05, 4.69) is 5.32 Å². The van der Waals surface area contributed by atoms with Crippen molar-refractivity contribution in [1.82, 2.24) is 5.32 Å². The van der Waals surface area contributed by atoms with Gasteiger partial charge in [0.1, 0.15) is 0 Å². The Morgan fingerprint density at radius 2 is 1.77 bits per heavy atom. The minimum Gasteiger partial charge on any atom is -0.332 e. The molecule has 0 fully saturated rings. The van der Waals surface area contributed by atoms with Crippen molar-refractivity contribution in [3.63, 3.8) is 0 Å². The molecule has 1 aromatic rings. The van der Waals surface area contributed by atoms with Gasteiger partial charge in [0.2, 0.25) is 10.0 Å². The smallest absolute Gasteiger partial charge is 0.264 e. The molecule has 0 saturated heterocycles. The molecule has 9 heteroatoms. The van der Waals surface area contributed by atoms with Crippen LogP contribution in [0, 0.1) is 0 Å². The fraction of sp³-hybridized carbons (Fsp3) is 0.462. The zero-order valence-electron chi connectivity index (χ0n) is 12.5. The lowest BCUT2D eigenvalue weighted by Gasteiger charge is -2.32.